The van der Waals surface area contributed by atoms with E-state index in [1.54, 1.807) is 25.3 Å². The number of esters is 1. The monoisotopic (exact) mass is 524 g/mol. The van der Waals surface area contributed by atoms with Crippen molar-refractivity contribution in [3.8, 4) is 22.8 Å². The molecule has 200 valence electrons. The van der Waals surface area contributed by atoms with Crippen LogP contribution in [0.3, 0.4) is 0 Å². The van der Waals surface area contributed by atoms with Gasteiger partial charge in [0.15, 0.2) is 6.10 Å². The van der Waals surface area contributed by atoms with Crippen molar-refractivity contribution in [3.63, 3.8) is 0 Å². The Morgan fingerprint density at radius 1 is 0.872 bits per heavy atom. The van der Waals surface area contributed by atoms with Crippen molar-refractivity contribution < 1.29 is 23.8 Å². The Hall–Kier alpha value is -4.65. The number of benzene rings is 3. The highest BCUT2D eigenvalue weighted by Gasteiger charge is 2.22. The van der Waals surface area contributed by atoms with Crippen LogP contribution in [0, 0.1) is 6.92 Å². The van der Waals surface area contributed by atoms with E-state index in [0.717, 1.165) is 22.4 Å². The maximum Gasteiger partial charge on any atom is 0.347 e. The summed E-state index contributed by atoms with van der Waals surface area (Å²) in [6.45, 7) is 4.73. The summed E-state index contributed by atoms with van der Waals surface area (Å²) in [5.41, 5.74) is 4.41. The first-order chi connectivity index (χ1) is 19.0. The molecule has 0 bridgehead atoms. The minimum atomic E-state index is -0.757. The number of aromatic nitrogens is 1. The zero-order chi connectivity index (χ0) is 27.5. The maximum atomic E-state index is 12.5. The largest absolute Gasteiger partial charge is 0.492 e. The zero-order valence-electron chi connectivity index (χ0n) is 22.1. The van der Waals surface area contributed by atoms with Crippen LogP contribution < -0.4 is 14.8 Å². The van der Waals surface area contributed by atoms with Crippen LogP contribution in [0.4, 0.5) is 0 Å². The molecule has 7 heteroatoms. The third-order valence-electron chi connectivity index (χ3n) is 5.96. The molecule has 1 atom stereocenters. The van der Waals surface area contributed by atoms with Crippen LogP contribution in [0.1, 0.15) is 28.4 Å². The molecule has 7 nitrogen and oxygen atoms in total. The maximum absolute atomic E-state index is 12.5. The molecule has 0 aliphatic heterocycles. The van der Waals surface area contributed by atoms with Crippen molar-refractivity contribution in [2.75, 3.05) is 19.8 Å². The van der Waals surface area contributed by atoms with Gasteiger partial charge in [0.05, 0.1) is 18.8 Å². The quantitative estimate of drug-likeness (QED) is 0.197. The highest BCUT2D eigenvalue weighted by Crippen LogP contribution is 2.19. The summed E-state index contributed by atoms with van der Waals surface area (Å²) in [7, 11) is 0. The topological polar surface area (TPSA) is 86.8 Å². The second-order valence-electron chi connectivity index (χ2n) is 8.92. The van der Waals surface area contributed by atoms with Gasteiger partial charge in [0.25, 0.3) is 5.91 Å². The van der Waals surface area contributed by atoms with E-state index in [1.807, 2.05) is 85.8 Å². The average Bonchev–Trinajstić information content (AvgIpc) is 2.97. The first-order valence-electron chi connectivity index (χ1n) is 12.9. The SMILES string of the molecule is CCOC(=O)C(Cc1ccc(OCCNC(=O)c2ccc(-c3ccccn3)cc2)cc1)Oc1ccc(C)cc1. The number of rotatable bonds is 12. The van der Waals surface area contributed by atoms with Crippen molar-refractivity contribution in [2.24, 2.45) is 0 Å². The van der Waals surface area contributed by atoms with Gasteiger partial charge in [-0.3, -0.25) is 9.78 Å². The number of pyridine rings is 1. The number of carbonyl (C=O) groups excluding carboxylic acids is 2. The fraction of sp³-hybridized carbons (Fsp3) is 0.219. The highest BCUT2D eigenvalue weighted by molar-refractivity contribution is 5.94. The van der Waals surface area contributed by atoms with Gasteiger partial charge in [-0.25, -0.2) is 4.79 Å². The number of nitrogens with one attached hydrogen (secondary N) is 1. The lowest BCUT2D eigenvalue weighted by atomic mass is 10.1. The van der Waals surface area contributed by atoms with Gasteiger partial charge in [0.2, 0.25) is 0 Å². The molecule has 0 aliphatic rings. The number of ether oxygens (including phenoxy) is 3. The van der Waals surface area contributed by atoms with Gasteiger partial charge in [-0.2, -0.15) is 0 Å². The van der Waals surface area contributed by atoms with Crippen molar-refractivity contribution in [1.29, 1.82) is 0 Å². The second kappa shape index (κ2) is 13.8. The van der Waals surface area contributed by atoms with Crippen molar-refractivity contribution in [3.05, 3.63) is 114 Å². The molecule has 0 aliphatic carbocycles. The van der Waals surface area contributed by atoms with E-state index in [1.165, 1.54) is 0 Å². The van der Waals surface area contributed by atoms with Gasteiger partial charge in [0, 0.05) is 23.7 Å². The highest BCUT2D eigenvalue weighted by atomic mass is 16.6. The van der Waals surface area contributed by atoms with E-state index in [-0.39, 0.29) is 12.5 Å². The molecule has 0 fully saturated rings. The minimum Gasteiger partial charge on any atom is -0.492 e. The van der Waals surface area contributed by atoms with Gasteiger partial charge in [0.1, 0.15) is 18.1 Å². The van der Waals surface area contributed by atoms with Crippen molar-refractivity contribution >= 4 is 11.9 Å². The Labute approximate surface area is 228 Å². The van der Waals surface area contributed by atoms with Gasteiger partial charge >= 0.3 is 5.97 Å². The molecule has 4 aromatic rings. The summed E-state index contributed by atoms with van der Waals surface area (Å²) >= 11 is 0. The number of carbonyl (C=O) groups is 2. The van der Waals surface area contributed by atoms with Crippen LogP contribution in [0.25, 0.3) is 11.3 Å². The average molecular weight is 525 g/mol. The smallest absolute Gasteiger partial charge is 0.347 e. The molecule has 0 saturated carbocycles. The van der Waals surface area contributed by atoms with Gasteiger partial charge in [-0.05, 0) is 67.9 Å². The van der Waals surface area contributed by atoms with E-state index >= 15 is 0 Å². The number of nitrogens with zero attached hydrogens (tertiary/aromatic N) is 1. The molecule has 4 rings (SSSR count). The van der Waals surface area contributed by atoms with Crippen LogP contribution in [0.5, 0.6) is 11.5 Å². The third kappa shape index (κ3) is 8.17. The van der Waals surface area contributed by atoms with Crippen LogP contribution >= 0.6 is 0 Å². The molecule has 1 amide bonds. The van der Waals surface area contributed by atoms with Crippen molar-refractivity contribution in [2.45, 2.75) is 26.4 Å². The Morgan fingerprint density at radius 3 is 2.26 bits per heavy atom. The molecule has 1 heterocycles. The summed E-state index contributed by atoms with van der Waals surface area (Å²) in [6, 6.07) is 28.1. The zero-order valence-corrected chi connectivity index (χ0v) is 22.1. The summed E-state index contributed by atoms with van der Waals surface area (Å²) in [5.74, 6) is 0.713. The molecule has 1 N–H and O–H groups in total. The van der Waals surface area contributed by atoms with E-state index in [9.17, 15) is 9.59 Å². The van der Waals surface area contributed by atoms with Crippen LogP contribution in [0.15, 0.2) is 97.2 Å². The molecule has 1 aromatic heterocycles. The van der Waals surface area contributed by atoms with Crippen molar-refractivity contribution in [1.82, 2.24) is 10.3 Å². The Balaban J connectivity index is 1.24. The normalized spacial score (nSPS) is 11.3. The van der Waals surface area contributed by atoms with Crippen LogP contribution in [-0.4, -0.2) is 42.7 Å². The molecule has 0 saturated heterocycles. The predicted molar refractivity (Wildman–Crippen MR) is 150 cm³/mol. The summed E-state index contributed by atoms with van der Waals surface area (Å²) in [5, 5.41) is 2.87. The molecular weight excluding hydrogens is 492 g/mol. The number of hydrogen-bond donors (Lipinski definition) is 1. The molecule has 0 radical (unpaired) electrons. The molecule has 39 heavy (non-hydrogen) atoms. The minimum absolute atomic E-state index is 0.167. The third-order valence-corrected chi connectivity index (χ3v) is 5.96. The van der Waals surface area contributed by atoms with Gasteiger partial charge < -0.3 is 19.5 Å². The van der Waals surface area contributed by atoms with Gasteiger partial charge in [-0.15, -0.1) is 0 Å². The summed E-state index contributed by atoms with van der Waals surface area (Å²) in [4.78, 5) is 29.3. The van der Waals surface area contributed by atoms with Gasteiger partial charge in [-0.1, -0.05) is 48.0 Å². The first-order valence-corrected chi connectivity index (χ1v) is 12.9. The fourth-order valence-corrected chi connectivity index (χ4v) is 3.89. The Morgan fingerprint density at radius 2 is 1.59 bits per heavy atom. The van der Waals surface area contributed by atoms with Crippen LogP contribution in [0.2, 0.25) is 0 Å². The molecule has 0 spiro atoms. The van der Waals surface area contributed by atoms with E-state index in [4.69, 9.17) is 14.2 Å². The Bertz CT molecular complexity index is 1340. The number of aryl methyl sites for hydroxylation is 1. The second-order valence-corrected chi connectivity index (χ2v) is 8.92. The summed E-state index contributed by atoms with van der Waals surface area (Å²) < 4.78 is 16.9. The lowest BCUT2D eigenvalue weighted by Crippen LogP contribution is -2.31. The van der Waals surface area contributed by atoms with Crippen LogP contribution in [-0.2, 0) is 16.0 Å². The predicted octanol–water partition coefficient (Wildman–Crippen LogP) is 5.42. The number of amides is 1. The number of hydrogen-bond acceptors (Lipinski definition) is 6. The van der Waals surface area contributed by atoms with E-state index in [2.05, 4.69) is 10.3 Å². The van der Waals surface area contributed by atoms with E-state index < -0.39 is 12.1 Å². The Kier molecular flexibility index (Phi) is 9.67. The molecule has 3 aromatic carbocycles. The first kappa shape index (κ1) is 27.4. The standard InChI is InChI=1S/C32H32N2O5/c1-3-37-32(36)30(39-28-15-7-23(2)8-16-28)22-24-9-17-27(18-10-24)38-21-20-34-31(35)26-13-11-25(12-14-26)29-6-4-5-19-33-29/h4-19,30H,3,20-22H2,1-2H3,(H,34,35). The molecule has 1 unspecified atom stereocenters. The summed E-state index contributed by atoms with van der Waals surface area (Å²) in [6.07, 6.45) is 1.35. The lowest BCUT2D eigenvalue weighted by Gasteiger charge is -2.18. The van der Waals surface area contributed by atoms with E-state index in [0.29, 0.717) is 36.6 Å². The fourth-order valence-electron chi connectivity index (χ4n) is 3.89. The lowest BCUT2D eigenvalue weighted by molar-refractivity contribution is -0.151. The molecular formula is C32H32N2O5.